The second-order valence-electron chi connectivity index (χ2n) is 10.1. The van der Waals surface area contributed by atoms with Gasteiger partial charge in [0.1, 0.15) is 6.04 Å². The maximum Gasteiger partial charge on any atom is 0.491 e. The van der Waals surface area contributed by atoms with Gasteiger partial charge in [0.2, 0.25) is 0 Å². The fourth-order valence-corrected chi connectivity index (χ4v) is 5.25. The van der Waals surface area contributed by atoms with Crippen LogP contribution in [0, 0.1) is 0 Å². The molecule has 0 saturated heterocycles. The van der Waals surface area contributed by atoms with E-state index in [9.17, 15) is 32.3 Å². The number of hydrogen-bond donors (Lipinski definition) is 2. The van der Waals surface area contributed by atoms with Crippen LogP contribution < -0.4 is 10.6 Å². The lowest BCUT2D eigenvalue weighted by molar-refractivity contribution is -0.202. The van der Waals surface area contributed by atoms with E-state index in [1.807, 2.05) is 6.07 Å². The molecule has 0 fully saturated rings. The number of hydrogen-bond acceptors (Lipinski definition) is 7. The molecule has 2 amide bonds. The molecule has 226 valence electrons. The zero-order valence-electron chi connectivity index (χ0n) is 23.2. The summed E-state index contributed by atoms with van der Waals surface area (Å²) >= 11 is 4.20. The van der Waals surface area contributed by atoms with E-state index in [0.717, 1.165) is 5.56 Å². The molecular formula is C31H30F3N3O5S. The minimum Gasteiger partial charge on any atom is -0.386 e. The third-order valence-electron chi connectivity index (χ3n) is 7.13. The number of rotatable bonds is 9. The van der Waals surface area contributed by atoms with Crippen LogP contribution in [0.3, 0.4) is 0 Å². The molecule has 0 spiro atoms. The molecule has 0 aliphatic carbocycles. The molecule has 3 aromatic rings. The molecule has 2 N–H and O–H groups in total. The van der Waals surface area contributed by atoms with Crippen molar-refractivity contribution in [1.82, 2.24) is 4.90 Å². The van der Waals surface area contributed by atoms with Gasteiger partial charge >= 0.3 is 18.1 Å². The first kappa shape index (κ1) is 31.8. The normalized spacial score (nSPS) is 16.7. The number of carbonyl (C=O) groups excluding carboxylic acids is 4. The van der Waals surface area contributed by atoms with Crippen molar-refractivity contribution in [2.45, 2.75) is 49.3 Å². The number of anilines is 1. The van der Waals surface area contributed by atoms with E-state index in [1.54, 1.807) is 72.8 Å². The lowest BCUT2D eigenvalue weighted by atomic mass is 9.95. The fourth-order valence-electron chi connectivity index (χ4n) is 5.07. The van der Waals surface area contributed by atoms with Crippen LogP contribution in [0.5, 0.6) is 0 Å². The predicted molar refractivity (Wildman–Crippen MR) is 156 cm³/mol. The molecule has 12 heteroatoms. The lowest BCUT2D eigenvalue weighted by Gasteiger charge is -2.36. The number of alkyl halides is 3. The van der Waals surface area contributed by atoms with Crippen molar-refractivity contribution in [1.29, 1.82) is 0 Å². The molecular weight excluding hydrogens is 583 g/mol. The summed E-state index contributed by atoms with van der Waals surface area (Å²) in [5, 5.41) is -0.302. The zero-order chi connectivity index (χ0) is 31.3. The van der Waals surface area contributed by atoms with Crippen LogP contribution in [-0.4, -0.2) is 47.3 Å². The molecule has 3 unspecified atom stereocenters. The number of carbonyl (C=O) groups is 4. The summed E-state index contributed by atoms with van der Waals surface area (Å²) in [4.78, 5) is 55.5. The molecule has 0 saturated carbocycles. The Bertz CT molecular complexity index is 1480. The average molecular weight is 614 g/mol. The Morgan fingerprint density at radius 2 is 1.63 bits per heavy atom. The van der Waals surface area contributed by atoms with Crippen LogP contribution in [-0.2, 0) is 25.5 Å². The van der Waals surface area contributed by atoms with Gasteiger partial charge in [0.15, 0.2) is 0 Å². The van der Waals surface area contributed by atoms with Gasteiger partial charge in [0.25, 0.3) is 11.8 Å². The Hall–Kier alpha value is -4.16. The van der Waals surface area contributed by atoms with E-state index in [2.05, 4.69) is 17.4 Å². The number of likely N-dealkylation sites (N-methyl/N-ethyl adjacent to an activating group) is 1. The van der Waals surface area contributed by atoms with Crippen molar-refractivity contribution in [3.05, 3.63) is 101 Å². The number of thiol groups is 1. The van der Waals surface area contributed by atoms with Crippen LogP contribution in [0.1, 0.15) is 58.4 Å². The van der Waals surface area contributed by atoms with E-state index in [-0.39, 0.29) is 10.9 Å². The first-order valence-corrected chi connectivity index (χ1v) is 14.0. The number of halogens is 3. The van der Waals surface area contributed by atoms with E-state index in [1.165, 1.54) is 16.8 Å². The Labute approximate surface area is 252 Å². The molecule has 0 bridgehead atoms. The minimum atomic E-state index is -5.40. The van der Waals surface area contributed by atoms with Gasteiger partial charge in [-0.3, -0.25) is 14.4 Å². The Morgan fingerprint density at radius 1 is 1.00 bits per heavy atom. The Kier molecular flexibility index (Phi) is 9.92. The summed E-state index contributed by atoms with van der Waals surface area (Å²) in [5.41, 5.74) is 7.82. The monoisotopic (exact) mass is 613 g/mol. The van der Waals surface area contributed by atoms with E-state index < -0.39 is 48.4 Å². The quantitative estimate of drug-likeness (QED) is 0.150. The van der Waals surface area contributed by atoms with Gasteiger partial charge in [-0.1, -0.05) is 66.7 Å². The van der Waals surface area contributed by atoms with Crippen molar-refractivity contribution < 1.29 is 37.1 Å². The van der Waals surface area contributed by atoms with Crippen molar-refractivity contribution in [2.75, 3.05) is 11.9 Å². The second-order valence-corrected chi connectivity index (χ2v) is 10.8. The maximum absolute atomic E-state index is 14.5. The van der Waals surface area contributed by atoms with Crippen LogP contribution in [0.4, 0.5) is 18.9 Å². The SMILES string of the molecule is CN1C(=O)C(c2ccccc2)N(C(CC(=O)OC(=O)C(F)(F)F)c2ccccc2)C(=O)c2cc(CCCC(N)S)ccc21. The van der Waals surface area contributed by atoms with Gasteiger partial charge in [-0.2, -0.15) is 25.8 Å². The van der Waals surface area contributed by atoms with Crippen molar-refractivity contribution in [3.63, 3.8) is 0 Å². The molecule has 1 aliphatic rings. The van der Waals surface area contributed by atoms with Crippen molar-refractivity contribution in [2.24, 2.45) is 5.73 Å². The molecule has 8 nitrogen and oxygen atoms in total. The number of nitrogens with two attached hydrogens (primary N) is 1. The third kappa shape index (κ3) is 7.44. The molecule has 1 aliphatic heterocycles. The smallest absolute Gasteiger partial charge is 0.386 e. The molecule has 3 atom stereocenters. The zero-order valence-corrected chi connectivity index (χ0v) is 24.1. The summed E-state index contributed by atoms with van der Waals surface area (Å²) in [6, 6.07) is 19.1. The molecule has 3 aromatic carbocycles. The summed E-state index contributed by atoms with van der Waals surface area (Å²) in [5.74, 6) is -5.30. The number of fused-ring (bicyclic) bond motifs is 1. The first-order valence-electron chi connectivity index (χ1n) is 13.5. The maximum atomic E-state index is 14.5. The van der Waals surface area contributed by atoms with E-state index in [4.69, 9.17) is 5.73 Å². The van der Waals surface area contributed by atoms with Crippen LogP contribution in [0.2, 0.25) is 0 Å². The fraction of sp³-hybridized carbons (Fsp3) is 0.290. The number of amides is 2. The minimum absolute atomic E-state index is 0.169. The summed E-state index contributed by atoms with van der Waals surface area (Å²) in [6.45, 7) is 0. The van der Waals surface area contributed by atoms with Gasteiger partial charge < -0.3 is 20.3 Å². The van der Waals surface area contributed by atoms with Crippen molar-refractivity contribution >= 4 is 42.1 Å². The first-order chi connectivity index (χ1) is 20.4. The standard InChI is InChI=1S/C31H30F3N3O5S/c1-36-23-16-15-19(9-8-14-25(35)43)17-22(23)28(39)37(27(29(36)40)21-12-6-3-7-13-21)24(20-10-4-2-5-11-20)18-26(38)42-30(41)31(32,33)34/h2-7,10-13,15-17,24-25,27,43H,8-9,14,18,35H2,1H3. The molecule has 43 heavy (non-hydrogen) atoms. The highest BCUT2D eigenvalue weighted by molar-refractivity contribution is 7.80. The van der Waals surface area contributed by atoms with Gasteiger partial charge in [-0.05, 0) is 48.1 Å². The number of nitrogens with zero attached hydrogens (tertiary/aromatic N) is 2. The highest BCUT2D eigenvalue weighted by Gasteiger charge is 2.46. The number of benzene rings is 3. The molecule has 0 aromatic heterocycles. The van der Waals surface area contributed by atoms with Gasteiger partial charge in [0, 0.05) is 12.4 Å². The topological polar surface area (TPSA) is 110 Å². The van der Waals surface area contributed by atoms with Crippen LogP contribution in [0.25, 0.3) is 0 Å². The molecule has 1 heterocycles. The van der Waals surface area contributed by atoms with Gasteiger partial charge in [0.05, 0.1) is 23.7 Å². The summed E-state index contributed by atoms with van der Waals surface area (Å²) in [7, 11) is 1.53. The lowest BCUT2D eigenvalue weighted by Crippen LogP contribution is -2.44. The van der Waals surface area contributed by atoms with Crippen LogP contribution >= 0.6 is 12.6 Å². The van der Waals surface area contributed by atoms with E-state index >= 15 is 0 Å². The highest BCUT2D eigenvalue weighted by Crippen LogP contribution is 2.41. The predicted octanol–water partition coefficient (Wildman–Crippen LogP) is 5.15. The Morgan fingerprint density at radius 3 is 2.23 bits per heavy atom. The third-order valence-corrected chi connectivity index (χ3v) is 7.39. The Balaban J connectivity index is 1.86. The number of ether oxygens (including phenoxy) is 1. The molecule has 0 radical (unpaired) electrons. The second kappa shape index (κ2) is 13.4. The van der Waals surface area contributed by atoms with Gasteiger partial charge in [-0.15, -0.1) is 0 Å². The van der Waals surface area contributed by atoms with Crippen molar-refractivity contribution in [3.8, 4) is 0 Å². The van der Waals surface area contributed by atoms with Gasteiger partial charge in [-0.25, -0.2) is 4.79 Å². The number of esters is 2. The largest absolute Gasteiger partial charge is 0.491 e. The number of aryl methyl sites for hydroxylation is 1. The summed E-state index contributed by atoms with van der Waals surface area (Å²) in [6.07, 6.45) is -4.33. The van der Waals surface area contributed by atoms with Crippen LogP contribution in [0.15, 0.2) is 78.9 Å². The average Bonchev–Trinajstić information content (AvgIpc) is 3.05. The van der Waals surface area contributed by atoms with E-state index in [0.29, 0.717) is 36.1 Å². The summed E-state index contributed by atoms with van der Waals surface area (Å²) < 4.78 is 42.8. The molecule has 4 rings (SSSR count). The highest BCUT2D eigenvalue weighted by atomic mass is 32.1.